The van der Waals surface area contributed by atoms with Crippen molar-refractivity contribution in [3.63, 3.8) is 0 Å². The zero-order valence-electron chi connectivity index (χ0n) is 12.8. The van der Waals surface area contributed by atoms with E-state index in [2.05, 4.69) is 0 Å². The molecule has 0 amide bonds. The maximum atomic E-state index is 12.1. The maximum absolute atomic E-state index is 12.1. The Balaban J connectivity index is 1.80. The third-order valence-electron chi connectivity index (χ3n) is 4.64. The molecule has 3 nitrogen and oxygen atoms in total. The number of carbonyl (C=O) groups excluding carboxylic acids is 1. The Hall–Kier alpha value is -1.51. The highest BCUT2D eigenvalue weighted by molar-refractivity contribution is 5.78. The molecule has 1 atom stereocenters. The van der Waals surface area contributed by atoms with Gasteiger partial charge >= 0.3 is 0 Å². The first-order valence-electron chi connectivity index (χ1n) is 8.10. The largest absolute Gasteiger partial charge is 0.508 e. The topological polar surface area (TPSA) is 57.5 Å². The second kappa shape index (κ2) is 7.48. The van der Waals surface area contributed by atoms with E-state index in [1.165, 1.54) is 38.2 Å². The first kappa shape index (κ1) is 15.9. The van der Waals surface area contributed by atoms with Crippen molar-refractivity contribution in [2.45, 2.75) is 64.2 Å². The van der Waals surface area contributed by atoms with E-state index < -0.39 is 0 Å². The average Bonchev–Trinajstić information content (AvgIpc) is 2.46. The molecule has 0 spiro atoms. The average molecular weight is 290 g/mol. The van der Waals surface area contributed by atoms with Gasteiger partial charge in [0.05, 0.1) is 0 Å². The van der Waals surface area contributed by atoms with E-state index in [-0.39, 0.29) is 17.4 Å². The maximum Gasteiger partial charge on any atom is 0.133 e. The van der Waals surface area contributed by atoms with E-state index in [0.717, 1.165) is 18.4 Å². The van der Waals surface area contributed by atoms with Gasteiger partial charge in [0.25, 0.3) is 0 Å². The molecule has 1 saturated carbocycles. The molecule has 1 aliphatic rings. The van der Waals surface area contributed by atoms with E-state index in [0.29, 0.717) is 18.1 Å². The van der Waals surface area contributed by atoms with Gasteiger partial charge in [-0.2, -0.15) is 0 Å². The summed E-state index contributed by atoms with van der Waals surface area (Å²) in [6, 6.07) is 4.67. The van der Waals surface area contributed by atoms with Crippen LogP contribution in [0.4, 0.5) is 0 Å². The van der Waals surface area contributed by atoms with Gasteiger partial charge in [0.1, 0.15) is 17.3 Å². The molecular weight excluding hydrogens is 264 g/mol. The molecule has 3 heteroatoms. The molecule has 0 aromatic heterocycles. The van der Waals surface area contributed by atoms with E-state index in [4.69, 9.17) is 0 Å². The number of carbonyl (C=O) groups is 1. The number of aromatic hydroxyl groups is 2. The van der Waals surface area contributed by atoms with Crippen molar-refractivity contribution in [3.05, 3.63) is 23.8 Å². The molecule has 2 rings (SSSR count). The second-order valence-corrected chi connectivity index (χ2v) is 6.43. The van der Waals surface area contributed by atoms with Gasteiger partial charge in [-0.05, 0) is 29.9 Å². The Bertz CT molecular complexity index is 475. The number of phenolic OH excluding ortho intramolecular Hbond substituents is 2. The van der Waals surface area contributed by atoms with Crippen molar-refractivity contribution in [3.8, 4) is 11.5 Å². The summed E-state index contributed by atoms with van der Waals surface area (Å²) in [4.78, 5) is 12.1. The number of phenols is 2. The molecule has 1 fully saturated rings. The van der Waals surface area contributed by atoms with E-state index in [9.17, 15) is 15.0 Å². The van der Waals surface area contributed by atoms with Crippen molar-refractivity contribution in [1.29, 1.82) is 0 Å². The number of rotatable bonds is 6. The van der Waals surface area contributed by atoms with Gasteiger partial charge in [0.2, 0.25) is 0 Å². The predicted molar refractivity (Wildman–Crippen MR) is 83.6 cm³/mol. The summed E-state index contributed by atoms with van der Waals surface area (Å²) < 4.78 is 0. The van der Waals surface area contributed by atoms with Crippen LogP contribution >= 0.6 is 0 Å². The number of benzene rings is 1. The minimum absolute atomic E-state index is 0.0665. The fourth-order valence-electron chi connectivity index (χ4n) is 3.30. The molecule has 2 N–H and O–H groups in total. The lowest BCUT2D eigenvalue weighted by Crippen LogP contribution is -2.12. The standard InChI is InChI=1S/C18H26O3/c1-13(17-10-9-16(20)12-18(17)21)7-8-15(19)11-14-5-3-2-4-6-14/h9-10,12-14,20-21H,2-8,11H2,1H3. The molecular formula is C18H26O3. The van der Waals surface area contributed by atoms with Crippen molar-refractivity contribution in [2.24, 2.45) is 5.92 Å². The van der Waals surface area contributed by atoms with Crippen molar-refractivity contribution >= 4 is 5.78 Å². The molecule has 1 aromatic rings. The van der Waals surface area contributed by atoms with Gasteiger partial charge in [-0.25, -0.2) is 0 Å². The van der Waals surface area contributed by atoms with Crippen LogP contribution in [-0.2, 0) is 4.79 Å². The predicted octanol–water partition coefficient (Wildman–Crippen LogP) is 4.52. The Labute approximate surface area is 127 Å². The molecule has 0 saturated heterocycles. The summed E-state index contributed by atoms with van der Waals surface area (Å²) >= 11 is 0. The van der Waals surface area contributed by atoms with E-state index >= 15 is 0 Å². The lowest BCUT2D eigenvalue weighted by atomic mass is 9.84. The second-order valence-electron chi connectivity index (χ2n) is 6.43. The highest BCUT2D eigenvalue weighted by atomic mass is 16.3. The first-order chi connectivity index (χ1) is 10.1. The summed E-state index contributed by atoms with van der Waals surface area (Å²) in [5.74, 6) is 1.26. The minimum Gasteiger partial charge on any atom is -0.508 e. The Morgan fingerprint density at radius 1 is 1.24 bits per heavy atom. The Morgan fingerprint density at radius 3 is 2.62 bits per heavy atom. The highest BCUT2D eigenvalue weighted by Crippen LogP contribution is 2.32. The van der Waals surface area contributed by atoms with Crippen LogP contribution in [0.15, 0.2) is 18.2 Å². The summed E-state index contributed by atoms with van der Waals surface area (Å²) in [6.45, 7) is 2.01. The van der Waals surface area contributed by atoms with Gasteiger partial charge in [-0.15, -0.1) is 0 Å². The van der Waals surface area contributed by atoms with Crippen molar-refractivity contribution in [1.82, 2.24) is 0 Å². The number of ketones is 1. The molecule has 1 unspecified atom stereocenters. The molecule has 1 aromatic carbocycles. The van der Waals surface area contributed by atoms with Crippen LogP contribution in [0.3, 0.4) is 0 Å². The summed E-state index contributed by atoms with van der Waals surface area (Å²) in [5, 5.41) is 19.1. The van der Waals surface area contributed by atoms with Gasteiger partial charge in [-0.3, -0.25) is 4.79 Å². The van der Waals surface area contributed by atoms with Crippen molar-refractivity contribution in [2.75, 3.05) is 0 Å². The smallest absolute Gasteiger partial charge is 0.133 e. The minimum atomic E-state index is 0.0665. The van der Waals surface area contributed by atoms with E-state index in [1.807, 2.05) is 6.92 Å². The SMILES string of the molecule is CC(CCC(=O)CC1CCCCC1)c1ccc(O)cc1O. The zero-order chi connectivity index (χ0) is 15.2. The number of hydrogen-bond donors (Lipinski definition) is 2. The number of Topliss-reactive ketones (excluding diaryl/α,β-unsaturated/α-hetero) is 1. The van der Waals surface area contributed by atoms with Gasteiger partial charge in [0.15, 0.2) is 0 Å². The Kier molecular flexibility index (Phi) is 5.66. The number of hydrogen-bond acceptors (Lipinski definition) is 3. The lowest BCUT2D eigenvalue weighted by Gasteiger charge is -2.21. The molecule has 0 aliphatic heterocycles. The molecule has 0 heterocycles. The van der Waals surface area contributed by atoms with Crippen LogP contribution in [0.5, 0.6) is 11.5 Å². The van der Waals surface area contributed by atoms with E-state index in [1.54, 1.807) is 12.1 Å². The fourth-order valence-corrected chi connectivity index (χ4v) is 3.30. The molecule has 1 aliphatic carbocycles. The van der Waals surface area contributed by atoms with Gasteiger partial charge in [-0.1, -0.05) is 45.1 Å². The summed E-state index contributed by atoms with van der Waals surface area (Å²) in [5.41, 5.74) is 0.804. The van der Waals surface area contributed by atoms with Gasteiger partial charge in [0, 0.05) is 18.9 Å². The van der Waals surface area contributed by atoms with Crippen LogP contribution in [-0.4, -0.2) is 16.0 Å². The third-order valence-corrected chi connectivity index (χ3v) is 4.64. The Morgan fingerprint density at radius 2 is 1.95 bits per heavy atom. The molecule has 21 heavy (non-hydrogen) atoms. The fraction of sp³-hybridized carbons (Fsp3) is 0.611. The van der Waals surface area contributed by atoms with Gasteiger partial charge < -0.3 is 10.2 Å². The normalized spacial score (nSPS) is 17.6. The monoisotopic (exact) mass is 290 g/mol. The molecule has 0 bridgehead atoms. The highest BCUT2D eigenvalue weighted by Gasteiger charge is 2.18. The molecule has 0 radical (unpaired) electrons. The zero-order valence-corrected chi connectivity index (χ0v) is 12.8. The van der Waals surface area contributed by atoms with Crippen LogP contribution in [0.25, 0.3) is 0 Å². The summed E-state index contributed by atoms with van der Waals surface area (Å²) in [6.07, 6.45) is 8.35. The van der Waals surface area contributed by atoms with Crippen LogP contribution in [0.1, 0.15) is 69.8 Å². The van der Waals surface area contributed by atoms with Crippen molar-refractivity contribution < 1.29 is 15.0 Å². The first-order valence-corrected chi connectivity index (χ1v) is 8.10. The lowest BCUT2D eigenvalue weighted by molar-refractivity contribution is -0.120. The van der Waals surface area contributed by atoms with Crippen LogP contribution < -0.4 is 0 Å². The third kappa shape index (κ3) is 4.76. The van der Waals surface area contributed by atoms with Crippen LogP contribution in [0.2, 0.25) is 0 Å². The summed E-state index contributed by atoms with van der Waals surface area (Å²) in [7, 11) is 0. The molecule has 116 valence electrons. The quantitative estimate of drug-likeness (QED) is 0.809. The van der Waals surface area contributed by atoms with Crippen LogP contribution in [0, 0.1) is 5.92 Å².